The highest BCUT2D eigenvalue weighted by molar-refractivity contribution is 5.79. The molecule has 0 aliphatic heterocycles. The van der Waals surface area contributed by atoms with Crippen LogP contribution in [0, 0.1) is 5.92 Å². The van der Waals surface area contributed by atoms with Gasteiger partial charge in [-0.25, -0.2) is 0 Å². The number of esters is 2. The zero-order chi connectivity index (χ0) is 18.8. The molecule has 0 saturated carbocycles. The molecular formula is C17H32O8. The molecule has 1 unspecified atom stereocenters. The van der Waals surface area contributed by atoms with E-state index in [4.69, 9.17) is 28.4 Å². The molecule has 0 heterocycles. The molecule has 0 amide bonds. The smallest absolute Gasteiger partial charge is 0.309 e. The molecule has 25 heavy (non-hydrogen) atoms. The average Bonchev–Trinajstić information content (AvgIpc) is 2.60. The van der Waals surface area contributed by atoms with E-state index >= 15 is 0 Å². The van der Waals surface area contributed by atoms with Crippen LogP contribution < -0.4 is 0 Å². The lowest BCUT2D eigenvalue weighted by atomic mass is 10.0. The van der Waals surface area contributed by atoms with Crippen LogP contribution in [0.2, 0.25) is 0 Å². The Morgan fingerprint density at radius 3 is 1.80 bits per heavy atom. The number of hydrogen-bond donors (Lipinski definition) is 0. The van der Waals surface area contributed by atoms with Crippen molar-refractivity contribution in [2.24, 2.45) is 5.92 Å². The lowest BCUT2D eigenvalue weighted by Crippen LogP contribution is -2.24. The van der Waals surface area contributed by atoms with Gasteiger partial charge in [-0.3, -0.25) is 9.59 Å². The fourth-order valence-corrected chi connectivity index (χ4v) is 1.93. The summed E-state index contributed by atoms with van der Waals surface area (Å²) in [6.07, 6.45) is 1.36. The van der Waals surface area contributed by atoms with Crippen LogP contribution in [0.25, 0.3) is 0 Å². The number of rotatable bonds is 17. The Morgan fingerprint density at radius 1 is 0.760 bits per heavy atom. The van der Waals surface area contributed by atoms with Crippen molar-refractivity contribution in [3.05, 3.63) is 0 Å². The topological polar surface area (TPSA) is 89.5 Å². The summed E-state index contributed by atoms with van der Waals surface area (Å²) in [6.45, 7) is 4.75. The minimum atomic E-state index is -0.495. The van der Waals surface area contributed by atoms with Crippen LogP contribution in [0.1, 0.15) is 26.2 Å². The van der Waals surface area contributed by atoms with Crippen LogP contribution in [0.4, 0.5) is 0 Å². The first kappa shape index (κ1) is 23.8. The number of methoxy groups -OCH3 is 2. The van der Waals surface area contributed by atoms with E-state index in [0.29, 0.717) is 46.1 Å². The summed E-state index contributed by atoms with van der Waals surface area (Å²) in [5.74, 6) is -1.32. The maximum atomic E-state index is 12.1. The average molecular weight is 364 g/mol. The van der Waals surface area contributed by atoms with Gasteiger partial charge in [0.1, 0.15) is 13.2 Å². The Morgan fingerprint density at radius 2 is 1.28 bits per heavy atom. The molecular weight excluding hydrogens is 332 g/mol. The van der Waals surface area contributed by atoms with Gasteiger partial charge in [-0.1, -0.05) is 13.3 Å². The van der Waals surface area contributed by atoms with Gasteiger partial charge in [0, 0.05) is 14.2 Å². The first-order chi connectivity index (χ1) is 12.2. The van der Waals surface area contributed by atoms with Crippen molar-refractivity contribution in [3.63, 3.8) is 0 Å². The SMILES string of the molecule is CCCC(CC(=O)OCCOCCOC)C(=O)OCCOCCOC. The maximum Gasteiger partial charge on any atom is 0.309 e. The van der Waals surface area contributed by atoms with Crippen molar-refractivity contribution in [2.45, 2.75) is 26.2 Å². The van der Waals surface area contributed by atoms with E-state index in [0.717, 1.165) is 6.42 Å². The molecule has 0 radical (unpaired) electrons. The standard InChI is InChI=1S/C17H32O8/c1-4-5-15(17(19)25-13-11-23-9-7-21-3)14-16(18)24-12-10-22-8-6-20-2/h15H,4-14H2,1-3H3. The number of carbonyl (C=O) groups excluding carboxylic acids is 2. The predicted molar refractivity (Wildman–Crippen MR) is 90.3 cm³/mol. The van der Waals surface area contributed by atoms with Crippen molar-refractivity contribution in [1.29, 1.82) is 0 Å². The van der Waals surface area contributed by atoms with E-state index in [-0.39, 0.29) is 19.6 Å². The minimum absolute atomic E-state index is 0.00920. The van der Waals surface area contributed by atoms with Crippen molar-refractivity contribution in [2.75, 3.05) is 67.1 Å². The van der Waals surface area contributed by atoms with Crippen LogP contribution in [0.15, 0.2) is 0 Å². The van der Waals surface area contributed by atoms with Gasteiger partial charge in [0.2, 0.25) is 0 Å². The van der Waals surface area contributed by atoms with Crippen molar-refractivity contribution in [3.8, 4) is 0 Å². The maximum absolute atomic E-state index is 12.1. The minimum Gasteiger partial charge on any atom is -0.463 e. The number of hydrogen-bond acceptors (Lipinski definition) is 8. The molecule has 0 spiro atoms. The fourth-order valence-electron chi connectivity index (χ4n) is 1.93. The summed E-state index contributed by atoms with van der Waals surface area (Å²) in [4.78, 5) is 23.9. The van der Waals surface area contributed by atoms with E-state index in [1.807, 2.05) is 6.92 Å². The summed E-state index contributed by atoms with van der Waals surface area (Å²) in [7, 11) is 3.17. The molecule has 1 atom stereocenters. The molecule has 0 fully saturated rings. The van der Waals surface area contributed by atoms with Gasteiger partial charge in [0.15, 0.2) is 0 Å². The Kier molecular flexibility index (Phi) is 16.7. The summed E-state index contributed by atoms with van der Waals surface area (Å²) in [5.41, 5.74) is 0. The monoisotopic (exact) mass is 364 g/mol. The highest BCUT2D eigenvalue weighted by Crippen LogP contribution is 2.14. The third-order valence-corrected chi connectivity index (χ3v) is 3.21. The van der Waals surface area contributed by atoms with E-state index in [2.05, 4.69) is 0 Å². The van der Waals surface area contributed by atoms with Crippen LogP contribution in [0.5, 0.6) is 0 Å². The Balaban J connectivity index is 3.92. The second kappa shape index (κ2) is 17.6. The second-order valence-electron chi connectivity index (χ2n) is 5.29. The molecule has 0 bridgehead atoms. The Bertz CT molecular complexity index is 335. The van der Waals surface area contributed by atoms with Gasteiger partial charge in [0.05, 0.1) is 52.0 Å². The van der Waals surface area contributed by atoms with Crippen molar-refractivity contribution < 1.29 is 38.0 Å². The lowest BCUT2D eigenvalue weighted by molar-refractivity contribution is -0.157. The first-order valence-corrected chi connectivity index (χ1v) is 8.61. The molecule has 0 aliphatic rings. The Labute approximate surface area is 150 Å². The lowest BCUT2D eigenvalue weighted by Gasteiger charge is -2.15. The van der Waals surface area contributed by atoms with E-state index < -0.39 is 17.9 Å². The van der Waals surface area contributed by atoms with Gasteiger partial charge in [-0.15, -0.1) is 0 Å². The van der Waals surface area contributed by atoms with Crippen molar-refractivity contribution >= 4 is 11.9 Å². The molecule has 148 valence electrons. The summed E-state index contributed by atoms with van der Waals surface area (Å²) >= 11 is 0. The summed E-state index contributed by atoms with van der Waals surface area (Å²) in [6, 6.07) is 0. The van der Waals surface area contributed by atoms with E-state index in [1.165, 1.54) is 0 Å². The normalized spacial score (nSPS) is 12.0. The largest absolute Gasteiger partial charge is 0.463 e. The number of ether oxygens (including phenoxy) is 6. The number of carbonyl (C=O) groups is 2. The van der Waals surface area contributed by atoms with Crippen LogP contribution in [-0.4, -0.2) is 79.0 Å². The molecule has 0 saturated heterocycles. The molecule has 0 N–H and O–H groups in total. The first-order valence-electron chi connectivity index (χ1n) is 8.61. The van der Waals surface area contributed by atoms with Crippen molar-refractivity contribution in [1.82, 2.24) is 0 Å². The van der Waals surface area contributed by atoms with Crippen LogP contribution >= 0.6 is 0 Å². The van der Waals surface area contributed by atoms with Gasteiger partial charge in [-0.05, 0) is 6.42 Å². The highest BCUT2D eigenvalue weighted by atomic mass is 16.6. The van der Waals surface area contributed by atoms with Crippen LogP contribution in [-0.2, 0) is 38.0 Å². The summed E-state index contributed by atoms with van der Waals surface area (Å²) < 4.78 is 30.3. The molecule has 0 aromatic heterocycles. The third-order valence-electron chi connectivity index (χ3n) is 3.21. The van der Waals surface area contributed by atoms with Gasteiger partial charge in [-0.2, -0.15) is 0 Å². The third kappa shape index (κ3) is 14.8. The summed E-state index contributed by atoms with van der Waals surface area (Å²) in [5, 5.41) is 0. The molecule has 8 nitrogen and oxygen atoms in total. The fraction of sp³-hybridized carbons (Fsp3) is 0.882. The zero-order valence-electron chi connectivity index (χ0n) is 15.6. The van der Waals surface area contributed by atoms with Crippen LogP contribution in [0.3, 0.4) is 0 Å². The molecule has 0 aromatic carbocycles. The second-order valence-corrected chi connectivity index (χ2v) is 5.29. The Hall–Kier alpha value is -1.22. The van der Waals surface area contributed by atoms with Gasteiger partial charge >= 0.3 is 11.9 Å². The molecule has 0 rings (SSSR count). The zero-order valence-corrected chi connectivity index (χ0v) is 15.6. The van der Waals surface area contributed by atoms with Gasteiger partial charge in [0.25, 0.3) is 0 Å². The van der Waals surface area contributed by atoms with Gasteiger partial charge < -0.3 is 28.4 Å². The molecule has 0 aliphatic carbocycles. The highest BCUT2D eigenvalue weighted by Gasteiger charge is 2.23. The van der Waals surface area contributed by atoms with E-state index in [1.54, 1.807) is 14.2 Å². The molecule has 8 heteroatoms. The molecule has 0 aromatic rings. The quantitative estimate of drug-likeness (QED) is 0.281. The predicted octanol–water partition coefficient (Wildman–Crippen LogP) is 1.21. The van der Waals surface area contributed by atoms with E-state index in [9.17, 15) is 9.59 Å².